The Morgan fingerprint density at radius 2 is 2.00 bits per heavy atom. The van der Waals surface area contributed by atoms with E-state index in [0.717, 1.165) is 0 Å². The molecule has 0 heterocycles. The Kier molecular flexibility index (Phi) is 3.84. The first kappa shape index (κ1) is 12.2. The molecule has 82 valence electrons. The first-order valence-electron chi connectivity index (χ1n) is 3.75. The average Bonchev–Trinajstić information content (AvgIpc) is 2.15. The number of rotatable bonds is 2. The van der Waals surface area contributed by atoms with Crippen molar-refractivity contribution < 1.29 is 13.6 Å². The lowest BCUT2D eigenvalue weighted by Gasteiger charge is -2.17. The van der Waals surface area contributed by atoms with E-state index in [1.165, 1.54) is 18.2 Å². The van der Waals surface area contributed by atoms with E-state index in [0.29, 0.717) is 10.0 Å². The van der Waals surface area contributed by atoms with E-state index >= 15 is 0 Å². The van der Waals surface area contributed by atoms with Crippen LogP contribution in [0.5, 0.6) is 0 Å². The summed E-state index contributed by atoms with van der Waals surface area (Å²) in [7, 11) is 0. The summed E-state index contributed by atoms with van der Waals surface area (Å²) < 4.78 is 24.1. The minimum Gasteiger partial charge on any atom is -0.266 e. The topological polar surface area (TPSA) is 46.3 Å². The largest absolute Gasteiger partial charge is 0.317 e. The molecule has 0 fully saturated rings. The second kappa shape index (κ2) is 4.74. The molecule has 1 amide bonds. The second-order valence-electron chi connectivity index (χ2n) is 2.60. The van der Waals surface area contributed by atoms with Gasteiger partial charge in [0.1, 0.15) is 0 Å². The molecular weight excluding hydrogens is 249 g/mol. The van der Waals surface area contributed by atoms with Crippen LogP contribution in [0.2, 0.25) is 10.0 Å². The van der Waals surface area contributed by atoms with Gasteiger partial charge < -0.3 is 0 Å². The van der Waals surface area contributed by atoms with Gasteiger partial charge in [0.05, 0.1) is 10.7 Å². The van der Waals surface area contributed by atoms with Crippen LogP contribution in [0, 0.1) is 0 Å². The summed E-state index contributed by atoms with van der Waals surface area (Å²) in [6.07, 6.45) is -3.18. The Hall–Kier alpha value is -0.910. The maximum absolute atomic E-state index is 12.0. The van der Waals surface area contributed by atoms with Crippen molar-refractivity contribution in [1.82, 2.24) is 0 Å². The molecular formula is C8H6Cl2F2N2O. The molecule has 0 aliphatic heterocycles. The fourth-order valence-electron chi connectivity index (χ4n) is 0.900. The van der Waals surface area contributed by atoms with Gasteiger partial charge in [0, 0.05) is 5.02 Å². The first-order valence-corrected chi connectivity index (χ1v) is 4.51. The minimum atomic E-state index is -3.18. The zero-order valence-corrected chi connectivity index (χ0v) is 8.77. The standard InChI is InChI=1S/C8H6Cl2F2N2O/c9-4-1-2-6(5(10)3-4)14(13)8(15)7(11)12/h1-3,7H,13H2. The zero-order chi connectivity index (χ0) is 11.6. The monoisotopic (exact) mass is 254 g/mol. The van der Waals surface area contributed by atoms with Crippen LogP contribution in [-0.4, -0.2) is 12.3 Å². The van der Waals surface area contributed by atoms with Crippen LogP contribution in [0.3, 0.4) is 0 Å². The highest BCUT2D eigenvalue weighted by atomic mass is 35.5. The van der Waals surface area contributed by atoms with E-state index in [1.807, 2.05) is 0 Å². The summed E-state index contributed by atoms with van der Waals surface area (Å²) in [4.78, 5) is 10.8. The third-order valence-electron chi connectivity index (χ3n) is 1.59. The van der Waals surface area contributed by atoms with Gasteiger partial charge in [-0.15, -0.1) is 0 Å². The van der Waals surface area contributed by atoms with Crippen molar-refractivity contribution in [3.63, 3.8) is 0 Å². The maximum Gasteiger partial charge on any atom is 0.317 e. The molecule has 0 saturated carbocycles. The number of carbonyl (C=O) groups excluding carboxylic acids is 1. The summed E-state index contributed by atoms with van der Waals surface area (Å²) in [6.45, 7) is 0. The lowest BCUT2D eigenvalue weighted by atomic mass is 10.3. The molecule has 2 N–H and O–H groups in total. The summed E-state index contributed by atoms with van der Waals surface area (Å²) in [5, 5.41) is 0.643. The highest BCUT2D eigenvalue weighted by Crippen LogP contribution is 2.27. The van der Waals surface area contributed by atoms with Gasteiger partial charge in [-0.25, -0.2) is 10.9 Å². The molecule has 0 aliphatic rings. The number of hydrogen-bond donors (Lipinski definition) is 1. The van der Waals surface area contributed by atoms with Crippen molar-refractivity contribution in [1.29, 1.82) is 0 Å². The number of benzene rings is 1. The van der Waals surface area contributed by atoms with E-state index in [2.05, 4.69) is 0 Å². The molecule has 0 saturated heterocycles. The molecule has 15 heavy (non-hydrogen) atoms. The van der Waals surface area contributed by atoms with Crippen LogP contribution in [0.15, 0.2) is 18.2 Å². The normalized spacial score (nSPS) is 10.5. The summed E-state index contributed by atoms with van der Waals surface area (Å²) in [6, 6.07) is 3.98. The number of anilines is 1. The molecule has 0 aliphatic carbocycles. The highest BCUT2D eigenvalue weighted by molar-refractivity contribution is 6.36. The van der Waals surface area contributed by atoms with Crippen LogP contribution in [-0.2, 0) is 4.79 Å². The molecule has 7 heteroatoms. The number of nitrogens with two attached hydrogens (primary N) is 1. The number of nitrogens with zero attached hydrogens (tertiary/aromatic N) is 1. The Bertz CT molecular complexity index is 387. The fourth-order valence-corrected chi connectivity index (χ4v) is 1.40. The first-order chi connectivity index (χ1) is 6.93. The summed E-state index contributed by atoms with van der Waals surface area (Å²) in [5.41, 5.74) is -0.0219. The van der Waals surface area contributed by atoms with Gasteiger partial charge in [-0.3, -0.25) is 4.79 Å². The predicted octanol–water partition coefficient (Wildman–Crippen LogP) is 2.47. The third-order valence-corrected chi connectivity index (χ3v) is 2.13. The number of halogens is 4. The van der Waals surface area contributed by atoms with E-state index in [1.54, 1.807) is 0 Å². The molecule has 0 radical (unpaired) electrons. The molecule has 1 aromatic carbocycles. The van der Waals surface area contributed by atoms with Gasteiger partial charge in [0.15, 0.2) is 0 Å². The lowest BCUT2D eigenvalue weighted by molar-refractivity contribution is -0.129. The molecule has 0 spiro atoms. The number of hydrazine groups is 1. The Morgan fingerprint density at radius 1 is 1.40 bits per heavy atom. The quantitative estimate of drug-likeness (QED) is 0.501. The van der Waals surface area contributed by atoms with Crippen molar-refractivity contribution in [2.24, 2.45) is 5.84 Å². The van der Waals surface area contributed by atoms with Crippen molar-refractivity contribution in [3.05, 3.63) is 28.2 Å². The Labute approximate surface area is 94.3 Å². The average molecular weight is 255 g/mol. The predicted molar refractivity (Wildman–Crippen MR) is 54.1 cm³/mol. The molecule has 0 bridgehead atoms. The van der Waals surface area contributed by atoms with E-state index in [4.69, 9.17) is 29.0 Å². The van der Waals surface area contributed by atoms with Gasteiger partial charge in [-0.1, -0.05) is 23.2 Å². The van der Waals surface area contributed by atoms with Gasteiger partial charge in [-0.2, -0.15) is 8.78 Å². The van der Waals surface area contributed by atoms with Gasteiger partial charge >= 0.3 is 12.3 Å². The maximum atomic E-state index is 12.0. The lowest BCUT2D eigenvalue weighted by Crippen LogP contribution is -2.41. The molecule has 0 atom stereocenters. The van der Waals surface area contributed by atoms with Gasteiger partial charge in [0.25, 0.3) is 0 Å². The molecule has 0 unspecified atom stereocenters. The number of amides is 1. The smallest absolute Gasteiger partial charge is 0.266 e. The SMILES string of the molecule is NN(C(=O)C(F)F)c1ccc(Cl)cc1Cl. The summed E-state index contributed by atoms with van der Waals surface area (Å²) in [5.74, 6) is 3.64. The van der Waals surface area contributed by atoms with Gasteiger partial charge in [0.2, 0.25) is 0 Å². The van der Waals surface area contributed by atoms with Crippen LogP contribution < -0.4 is 10.9 Å². The second-order valence-corrected chi connectivity index (χ2v) is 3.45. The molecule has 1 rings (SSSR count). The fraction of sp³-hybridized carbons (Fsp3) is 0.125. The molecule has 0 aromatic heterocycles. The number of alkyl halides is 2. The van der Waals surface area contributed by atoms with Crippen molar-refractivity contribution >= 4 is 34.8 Å². The third kappa shape index (κ3) is 2.77. The van der Waals surface area contributed by atoms with E-state index in [9.17, 15) is 13.6 Å². The minimum absolute atomic E-state index is 0.0219. The van der Waals surface area contributed by atoms with Crippen molar-refractivity contribution in [2.75, 3.05) is 5.01 Å². The van der Waals surface area contributed by atoms with Crippen molar-refractivity contribution in [3.8, 4) is 0 Å². The molecule has 1 aromatic rings. The number of hydrogen-bond acceptors (Lipinski definition) is 2. The van der Waals surface area contributed by atoms with Crippen LogP contribution >= 0.6 is 23.2 Å². The van der Waals surface area contributed by atoms with Crippen LogP contribution in [0.1, 0.15) is 0 Å². The van der Waals surface area contributed by atoms with Gasteiger partial charge in [-0.05, 0) is 18.2 Å². The Balaban J connectivity index is 3.01. The van der Waals surface area contributed by atoms with Crippen LogP contribution in [0.4, 0.5) is 14.5 Å². The molecule has 3 nitrogen and oxygen atoms in total. The zero-order valence-electron chi connectivity index (χ0n) is 7.25. The van der Waals surface area contributed by atoms with E-state index < -0.39 is 12.3 Å². The highest BCUT2D eigenvalue weighted by Gasteiger charge is 2.23. The van der Waals surface area contributed by atoms with Crippen molar-refractivity contribution in [2.45, 2.75) is 6.43 Å². The van der Waals surface area contributed by atoms with Crippen LogP contribution in [0.25, 0.3) is 0 Å². The Morgan fingerprint density at radius 3 is 2.47 bits per heavy atom. The number of carbonyl (C=O) groups is 1. The summed E-state index contributed by atoms with van der Waals surface area (Å²) >= 11 is 11.3. The van der Waals surface area contributed by atoms with E-state index in [-0.39, 0.29) is 10.7 Å².